The number of hydrogen-bond donors (Lipinski definition) is 1. The van der Waals surface area contributed by atoms with Gasteiger partial charge in [0.05, 0.1) is 6.61 Å². The summed E-state index contributed by atoms with van der Waals surface area (Å²) in [6.07, 6.45) is 6.09. The van der Waals surface area contributed by atoms with E-state index in [1.54, 1.807) is 6.20 Å². The van der Waals surface area contributed by atoms with Gasteiger partial charge in [-0.25, -0.2) is 0 Å². The number of pyridine rings is 1. The summed E-state index contributed by atoms with van der Waals surface area (Å²) in [7, 11) is 0. The Kier molecular flexibility index (Phi) is 3.49. The Bertz CT molecular complexity index is 257. The number of ether oxygens (including phenoxy) is 1. The smallest absolute Gasteiger partial charge is 0.0619 e. The summed E-state index contributed by atoms with van der Waals surface area (Å²) in [4.78, 5) is 4.08. The van der Waals surface area contributed by atoms with Crippen molar-refractivity contribution in [1.82, 2.24) is 10.3 Å². The molecule has 1 fully saturated rings. The predicted octanol–water partition coefficient (Wildman–Crippen LogP) is 1.35. The predicted molar refractivity (Wildman–Crippen MR) is 54.9 cm³/mol. The highest BCUT2D eigenvalue weighted by molar-refractivity contribution is 5.07. The first kappa shape index (κ1) is 9.62. The van der Waals surface area contributed by atoms with Crippen LogP contribution in [0.4, 0.5) is 0 Å². The van der Waals surface area contributed by atoms with Crippen molar-refractivity contribution in [3.63, 3.8) is 0 Å². The Hall–Kier alpha value is -0.930. The second-order valence-corrected chi connectivity index (χ2v) is 3.66. The van der Waals surface area contributed by atoms with Gasteiger partial charge in [0.1, 0.15) is 0 Å². The van der Waals surface area contributed by atoms with Crippen molar-refractivity contribution in [2.45, 2.75) is 25.4 Å². The molecule has 1 aliphatic heterocycles. The molecule has 2 heterocycles. The quantitative estimate of drug-likeness (QED) is 0.785. The van der Waals surface area contributed by atoms with Gasteiger partial charge < -0.3 is 10.1 Å². The van der Waals surface area contributed by atoms with Gasteiger partial charge in [0.25, 0.3) is 0 Å². The lowest BCUT2D eigenvalue weighted by Crippen LogP contribution is -2.36. The Balaban J connectivity index is 1.76. The maximum Gasteiger partial charge on any atom is 0.0619 e. The van der Waals surface area contributed by atoms with Crippen LogP contribution in [0.15, 0.2) is 24.5 Å². The van der Waals surface area contributed by atoms with E-state index in [1.807, 2.05) is 12.3 Å². The van der Waals surface area contributed by atoms with Crippen LogP contribution in [0.25, 0.3) is 0 Å². The average molecular weight is 192 g/mol. The first-order chi connectivity index (χ1) is 6.95. The highest BCUT2D eigenvalue weighted by Gasteiger charge is 2.12. The van der Waals surface area contributed by atoms with Crippen LogP contribution in [0.5, 0.6) is 0 Å². The summed E-state index contributed by atoms with van der Waals surface area (Å²) in [6, 6.07) is 4.57. The molecule has 0 amide bonds. The number of nitrogens with zero attached hydrogens (tertiary/aromatic N) is 1. The normalized spacial score (nSPS) is 22.1. The Morgan fingerprint density at radius 1 is 1.57 bits per heavy atom. The van der Waals surface area contributed by atoms with E-state index in [2.05, 4.69) is 16.4 Å². The standard InChI is InChI=1S/C11H16N2O/c1-3-10(7-12-5-1)8-13-11-4-2-6-14-9-11/h1,3,5,7,11,13H,2,4,6,8-9H2/t11-/m0/s1. The van der Waals surface area contributed by atoms with E-state index in [4.69, 9.17) is 4.74 Å². The van der Waals surface area contributed by atoms with Crippen LogP contribution in [0.1, 0.15) is 18.4 Å². The summed E-state index contributed by atoms with van der Waals surface area (Å²) < 4.78 is 5.39. The molecule has 1 aromatic rings. The lowest BCUT2D eigenvalue weighted by atomic mass is 10.1. The van der Waals surface area contributed by atoms with Gasteiger partial charge in [0.15, 0.2) is 0 Å². The molecule has 0 bridgehead atoms. The third-order valence-corrected chi connectivity index (χ3v) is 2.48. The van der Waals surface area contributed by atoms with Crippen molar-refractivity contribution >= 4 is 0 Å². The molecule has 0 aromatic carbocycles. The Labute approximate surface area is 84.5 Å². The molecule has 1 aromatic heterocycles. The largest absolute Gasteiger partial charge is 0.380 e. The van der Waals surface area contributed by atoms with E-state index in [9.17, 15) is 0 Å². The molecule has 0 saturated carbocycles. The van der Waals surface area contributed by atoms with E-state index in [0.29, 0.717) is 6.04 Å². The van der Waals surface area contributed by atoms with Gasteiger partial charge in [-0.05, 0) is 24.5 Å². The number of rotatable bonds is 3. The molecular formula is C11H16N2O. The fourth-order valence-corrected chi connectivity index (χ4v) is 1.67. The van der Waals surface area contributed by atoms with E-state index in [0.717, 1.165) is 19.8 Å². The molecule has 14 heavy (non-hydrogen) atoms. The van der Waals surface area contributed by atoms with Crippen molar-refractivity contribution in [2.24, 2.45) is 0 Å². The summed E-state index contributed by atoms with van der Waals surface area (Å²) in [5.41, 5.74) is 1.23. The van der Waals surface area contributed by atoms with Crippen LogP contribution < -0.4 is 5.32 Å². The zero-order chi connectivity index (χ0) is 9.64. The van der Waals surface area contributed by atoms with E-state index < -0.39 is 0 Å². The Morgan fingerprint density at radius 3 is 3.29 bits per heavy atom. The van der Waals surface area contributed by atoms with Crippen LogP contribution in [-0.4, -0.2) is 24.2 Å². The fraction of sp³-hybridized carbons (Fsp3) is 0.545. The summed E-state index contributed by atoms with van der Waals surface area (Å²) >= 11 is 0. The van der Waals surface area contributed by atoms with Crippen LogP contribution in [0.2, 0.25) is 0 Å². The Morgan fingerprint density at radius 2 is 2.57 bits per heavy atom. The summed E-state index contributed by atoms with van der Waals surface area (Å²) in [5.74, 6) is 0. The molecule has 1 atom stereocenters. The molecule has 0 radical (unpaired) electrons. The average Bonchev–Trinajstić information content (AvgIpc) is 2.29. The third-order valence-electron chi connectivity index (χ3n) is 2.48. The molecule has 0 unspecified atom stereocenters. The van der Waals surface area contributed by atoms with Gasteiger partial charge in [-0.1, -0.05) is 6.07 Å². The van der Waals surface area contributed by atoms with Crippen LogP contribution >= 0.6 is 0 Å². The van der Waals surface area contributed by atoms with Gasteiger partial charge in [-0.2, -0.15) is 0 Å². The molecule has 0 spiro atoms. The molecule has 1 saturated heterocycles. The lowest BCUT2D eigenvalue weighted by molar-refractivity contribution is 0.0699. The summed E-state index contributed by atoms with van der Waals surface area (Å²) in [5, 5.41) is 3.47. The van der Waals surface area contributed by atoms with Gasteiger partial charge >= 0.3 is 0 Å². The van der Waals surface area contributed by atoms with Crippen LogP contribution in [0, 0.1) is 0 Å². The number of aromatic nitrogens is 1. The molecule has 3 nitrogen and oxygen atoms in total. The summed E-state index contributed by atoms with van der Waals surface area (Å²) in [6.45, 7) is 2.66. The first-order valence-corrected chi connectivity index (χ1v) is 5.15. The molecule has 3 heteroatoms. The molecule has 1 aliphatic rings. The van der Waals surface area contributed by atoms with Gasteiger partial charge in [0, 0.05) is 31.6 Å². The molecule has 0 aliphatic carbocycles. The van der Waals surface area contributed by atoms with Crippen molar-refractivity contribution in [3.05, 3.63) is 30.1 Å². The van der Waals surface area contributed by atoms with Gasteiger partial charge in [-0.15, -0.1) is 0 Å². The highest BCUT2D eigenvalue weighted by Crippen LogP contribution is 2.06. The van der Waals surface area contributed by atoms with Crippen molar-refractivity contribution in [2.75, 3.05) is 13.2 Å². The number of nitrogens with one attached hydrogen (secondary N) is 1. The maximum absolute atomic E-state index is 5.39. The lowest BCUT2D eigenvalue weighted by Gasteiger charge is -2.23. The first-order valence-electron chi connectivity index (χ1n) is 5.15. The fourth-order valence-electron chi connectivity index (χ4n) is 1.67. The minimum atomic E-state index is 0.518. The maximum atomic E-state index is 5.39. The van der Waals surface area contributed by atoms with Crippen molar-refractivity contribution in [1.29, 1.82) is 0 Å². The molecule has 1 N–H and O–H groups in total. The topological polar surface area (TPSA) is 34.2 Å². The SMILES string of the molecule is c1cncc(CN[C@H]2CCCOC2)c1. The van der Waals surface area contributed by atoms with E-state index >= 15 is 0 Å². The van der Waals surface area contributed by atoms with Crippen molar-refractivity contribution in [3.8, 4) is 0 Å². The minimum absolute atomic E-state index is 0.518. The second-order valence-electron chi connectivity index (χ2n) is 3.66. The van der Waals surface area contributed by atoms with Crippen LogP contribution in [0.3, 0.4) is 0 Å². The monoisotopic (exact) mass is 192 g/mol. The zero-order valence-corrected chi connectivity index (χ0v) is 8.28. The van der Waals surface area contributed by atoms with Gasteiger partial charge in [0.2, 0.25) is 0 Å². The molecule has 2 rings (SSSR count). The van der Waals surface area contributed by atoms with Crippen molar-refractivity contribution < 1.29 is 4.74 Å². The zero-order valence-electron chi connectivity index (χ0n) is 8.28. The minimum Gasteiger partial charge on any atom is -0.380 e. The number of hydrogen-bond acceptors (Lipinski definition) is 3. The van der Waals surface area contributed by atoms with Gasteiger partial charge in [-0.3, -0.25) is 4.98 Å². The molecular weight excluding hydrogens is 176 g/mol. The highest BCUT2D eigenvalue weighted by atomic mass is 16.5. The van der Waals surface area contributed by atoms with E-state index in [1.165, 1.54) is 18.4 Å². The van der Waals surface area contributed by atoms with Crippen LogP contribution in [-0.2, 0) is 11.3 Å². The second kappa shape index (κ2) is 5.08. The molecule has 76 valence electrons. The van der Waals surface area contributed by atoms with E-state index in [-0.39, 0.29) is 0 Å². The third kappa shape index (κ3) is 2.79.